The SMILES string of the molecule is CCCCCCCNCCCn1ccnc1C. The van der Waals surface area contributed by atoms with Gasteiger partial charge >= 0.3 is 0 Å². The highest BCUT2D eigenvalue weighted by molar-refractivity contribution is 4.88. The van der Waals surface area contributed by atoms with Crippen LogP contribution in [0.4, 0.5) is 0 Å². The Labute approximate surface area is 106 Å². The standard InChI is InChI=1S/C14H27N3/c1-3-4-5-6-7-9-15-10-8-12-17-13-11-16-14(17)2/h11,13,15H,3-10,12H2,1-2H3. The summed E-state index contributed by atoms with van der Waals surface area (Å²) in [5.41, 5.74) is 0. The van der Waals surface area contributed by atoms with Gasteiger partial charge in [-0.25, -0.2) is 4.98 Å². The first-order valence-corrected chi connectivity index (χ1v) is 7.03. The minimum absolute atomic E-state index is 1.08. The molecular formula is C14H27N3. The molecule has 17 heavy (non-hydrogen) atoms. The summed E-state index contributed by atoms with van der Waals surface area (Å²) in [5, 5.41) is 3.51. The lowest BCUT2D eigenvalue weighted by atomic mass is 10.1. The fourth-order valence-corrected chi connectivity index (χ4v) is 1.99. The minimum atomic E-state index is 1.08. The van der Waals surface area contributed by atoms with E-state index in [0.717, 1.165) is 18.9 Å². The lowest BCUT2D eigenvalue weighted by molar-refractivity contribution is 0.545. The molecule has 0 aliphatic heterocycles. The van der Waals surface area contributed by atoms with Crippen molar-refractivity contribution in [1.82, 2.24) is 14.9 Å². The van der Waals surface area contributed by atoms with Gasteiger partial charge in [0, 0.05) is 18.9 Å². The molecule has 98 valence electrons. The molecular weight excluding hydrogens is 210 g/mol. The van der Waals surface area contributed by atoms with Crippen molar-refractivity contribution in [3.8, 4) is 0 Å². The van der Waals surface area contributed by atoms with Crippen molar-refractivity contribution in [1.29, 1.82) is 0 Å². The number of nitrogens with one attached hydrogen (secondary N) is 1. The van der Waals surface area contributed by atoms with Crippen LogP contribution in [0.1, 0.15) is 51.3 Å². The molecule has 1 N–H and O–H groups in total. The van der Waals surface area contributed by atoms with Gasteiger partial charge in [0.1, 0.15) is 5.82 Å². The zero-order chi connectivity index (χ0) is 12.3. The molecule has 1 heterocycles. The van der Waals surface area contributed by atoms with E-state index >= 15 is 0 Å². The Morgan fingerprint density at radius 1 is 1.12 bits per heavy atom. The van der Waals surface area contributed by atoms with Crippen molar-refractivity contribution >= 4 is 0 Å². The molecule has 0 saturated carbocycles. The van der Waals surface area contributed by atoms with Crippen LogP contribution in [-0.4, -0.2) is 22.6 Å². The third kappa shape index (κ3) is 6.47. The molecule has 0 bridgehead atoms. The van der Waals surface area contributed by atoms with Crippen molar-refractivity contribution in [2.24, 2.45) is 0 Å². The molecule has 1 aromatic rings. The normalized spacial score (nSPS) is 10.9. The highest BCUT2D eigenvalue weighted by atomic mass is 15.0. The van der Waals surface area contributed by atoms with Gasteiger partial charge in [-0.3, -0.25) is 0 Å². The number of aryl methyl sites for hydroxylation is 2. The predicted molar refractivity (Wildman–Crippen MR) is 73.2 cm³/mol. The van der Waals surface area contributed by atoms with E-state index in [-0.39, 0.29) is 0 Å². The highest BCUT2D eigenvalue weighted by Crippen LogP contribution is 2.01. The monoisotopic (exact) mass is 237 g/mol. The quantitative estimate of drug-likeness (QED) is 0.634. The molecule has 0 aromatic carbocycles. The summed E-state index contributed by atoms with van der Waals surface area (Å²) in [5.74, 6) is 1.12. The van der Waals surface area contributed by atoms with Crippen molar-refractivity contribution in [3.05, 3.63) is 18.2 Å². The average molecular weight is 237 g/mol. The highest BCUT2D eigenvalue weighted by Gasteiger charge is 1.95. The second-order valence-electron chi connectivity index (χ2n) is 4.69. The molecule has 0 saturated heterocycles. The fourth-order valence-electron chi connectivity index (χ4n) is 1.99. The second kappa shape index (κ2) is 9.23. The number of hydrogen-bond acceptors (Lipinski definition) is 2. The van der Waals surface area contributed by atoms with Crippen molar-refractivity contribution in [2.45, 2.75) is 58.9 Å². The molecule has 3 heteroatoms. The molecule has 0 radical (unpaired) electrons. The first-order valence-electron chi connectivity index (χ1n) is 7.03. The van der Waals surface area contributed by atoms with Gasteiger partial charge in [-0.05, 0) is 32.9 Å². The van der Waals surface area contributed by atoms with Gasteiger partial charge in [0.05, 0.1) is 0 Å². The van der Waals surface area contributed by atoms with Gasteiger partial charge < -0.3 is 9.88 Å². The maximum atomic E-state index is 4.22. The van der Waals surface area contributed by atoms with Crippen molar-refractivity contribution < 1.29 is 0 Å². The van der Waals surface area contributed by atoms with Crippen LogP contribution >= 0.6 is 0 Å². The summed E-state index contributed by atoms with van der Waals surface area (Å²) in [7, 11) is 0. The van der Waals surface area contributed by atoms with Crippen LogP contribution in [0.3, 0.4) is 0 Å². The number of imidazole rings is 1. The van der Waals surface area contributed by atoms with Gasteiger partial charge in [-0.15, -0.1) is 0 Å². The van der Waals surface area contributed by atoms with E-state index in [9.17, 15) is 0 Å². The molecule has 0 fully saturated rings. The Kier molecular flexibility index (Phi) is 7.72. The smallest absolute Gasteiger partial charge is 0.105 e. The van der Waals surface area contributed by atoms with Gasteiger partial charge in [0.15, 0.2) is 0 Å². The summed E-state index contributed by atoms with van der Waals surface area (Å²) >= 11 is 0. The Hall–Kier alpha value is -0.830. The molecule has 0 aliphatic rings. The summed E-state index contributed by atoms with van der Waals surface area (Å²) in [6, 6.07) is 0. The topological polar surface area (TPSA) is 29.9 Å². The Morgan fingerprint density at radius 2 is 1.88 bits per heavy atom. The van der Waals surface area contributed by atoms with Crippen LogP contribution in [0.15, 0.2) is 12.4 Å². The Bertz CT molecular complexity index is 281. The van der Waals surface area contributed by atoms with E-state index in [1.807, 2.05) is 6.20 Å². The summed E-state index contributed by atoms with van der Waals surface area (Å²) in [6.07, 6.45) is 11.9. The maximum Gasteiger partial charge on any atom is 0.105 e. The van der Waals surface area contributed by atoms with Crippen LogP contribution in [0.2, 0.25) is 0 Å². The summed E-state index contributed by atoms with van der Waals surface area (Å²) in [6.45, 7) is 7.68. The average Bonchev–Trinajstić information content (AvgIpc) is 2.73. The van der Waals surface area contributed by atoms with E-state index in [0.29, 0.717) is 0 Å². The molecule has 1 rings (SSSR count). The van der Waals surface area contributed by atoms with E-state index in [4.69, 9.17) is 0 Å². The van der Waals surface area contributed by atoms with Crippen LogP contribution in [0.5, 0.6) is 0 Å². The fraction of sp³-hybridized carbons (Fsp3) is 0.786. The van der Waals surface area contributed by atoms with Gasteiger partial charge in [0.2, 0.25) is 0 Å². The first kappa shape index (κ1) is 14.2. The number of aromatic nitrogens is 2. The molecule has 1 aromatic heterocycles. The van der Waals surface area contributed by atoms with Crippen LogP contribution in [0, 0.1) is 6.92 Å². The maximum absolute atomic E-state index is 4.22. The van der Waals surface area contributed by atoms with E-state index in [1.165, 1.54) is 45.1 Å². The lowest BCUT2D eigenvalue weighted by Gasteiger charge is -2.06. The first-order chi connectivity index (χ1) is 8.34. The zero-order valence-corrected chi connectivity index (χ0v) is 11.4. The molecule has 0 spiro atoms. The van der Waals surface area contributed by atoms with Gasteiger partial charge in [0.25, 0.3) is 0 Å². The third-order valence-corrected chi connectivity index (χ3v) is 3.13. The van der Waals surface area contributed by atoms with E-state index < -0.39 is 0 Å². The predicted octanol–water partition coefficient (Wildman–Crippen LogP) is 3.14. The van der Waals surface area contributed by atoms with E-state index in [2.05, 4.69) is 34.9 Å². The number of nitrogens with zero attached hydrogens (tertiary/aromatic N) is 2. The number of rotatable bonds is 10. The van der Waals surface area contributed by atoms with Crippen molar-refractivity contribution in [3.63, 3.8) is 0 Å². The Morgan fingerprint density at radius 3 is 2.59 bits per heavy atom. The number of unbranched alkanes of at least 4 members (excludes halogenated alkanes) is 4. The third-order valence-electron chi connectivity index (χ3n) is 3.13. The zero-order valence-electron chi connectivity index (χ0n) is 11.4. The molecule has 0 unspecified atom stereocenters. The summed E-state index contributed by atoms with van der Waals surface area (Å²) < 4.78 is 2.21. The molecule has 0 amide bonds. The molecule has 3 nitrogen and oxygen atoms in total. The minimum Gasteiger partial charge on any atom is -0.335 e. The van der Waals surface area contributed by atoms with Gasteiger partial charge in [-0.1, -0.05) is 32.6 Å². The van der Waals surface area contributed by atoms with Crippen molar-refractivity contribution in [2.75, 3.05) is 13.1 Å². The van der Waals surface area contributed by atoms with Crippen LogP contribution < -0.4 is 5.32 Å². The Balaban J connectivity index is 1.86. The van der Waals surface area contributed by atoms with Crippen LogP contribution in [0.25, 0.3) is 0 Å². The van der Waals surface area contributed by atoms with Crippen LogP contribution in [-0.2, 0) is 6.54 Å². The lowest BCUT2D eigenvalue weighted by Crippen LogP contribution is -2.18. The second-order valence-corrected chi connectivity index (χ2v) is 4.69. The number of hydrogen-bond donors (Lipinski definition) is 1. The molecule has 0 atom stereocenters. The summed E-state index contributed by atoms with van der Waals surface area (Å²) in [4.78, 5) is 4.22. The largest absolute Gasteiger partial charge is 0.335 e. The molecule has 0 aliphatic carbocycles. The van der Waals surface area contributed by atoms with E-state index in [1.54, 1.807) is 0 Å². The van der Waals surface area contributed by atoms with Gasteiger partial charge in [-0.2, -0.15) is 0 Å².